The Bertz CT molecular complexity index is 604. The largest absolute Gasteiger partial charge is 0.494 e. The monoisotopic (exact) mass is 307 g/mol. The molecule has 1 atom stereocenters. The third kappa shape index (κ3) is 3.01. The zero-order chi connectivity index (χ0) is 14.5. The Kier molecular flexibility index (Phi) is 5.13. The lowest BCUT2D eigenvalue weighted by atomic mass is 10.2. The smallest absolute Gasteiger partial charge is 0.153 e. The molecule has 0 bridgehead atoms. The molecule has 2 N–H and O–H groups in total. The molecule has 2 rings (SSSR count). The molecular weight excluding hydrogens is 293 g/mol. The third-order valence-corrected chi connectivity index (χ3v) is 5.40. The van der Waals surface area contributed by atoms with Crippen LogP contribution in [0.1, 0.15) is 10.4 Å². The standard InChI is InChI=1S/C15H15ClNO2P/c1-19-15-11(9-18)7-13(8-14(15)16)20(10-17)12-5-3-2-4-6-12/h2-9H,10,17H2,1H3. The van der Waals surface area contributed by atoms with E-state index < -0.39 is 7.92 Å². The van der Waals surface area contributed by atoms with Gasteiger partial charge in [-0.15, -0.1) is 0 Å². The summed E-state index contributed by atoms with van der Waals surface area (Å²) in [6.45, 7) is 0. The van der Waals surface area contributed by atoms with E-state index in [-0.39, 0.29) is 0 Å². The molecule has 2 aromatic carbocycles. The molecule has 3 nitrogen and oxygen atoms in total. The van der Waals surface area contributed by atoms with Crippen molar-refractivity contribution < 1.29 is 9.53 Å². The van der Waals surface area contributed by atoms with E-state index in [1.165, 1.54) is 7.11 Å². The molecule has 1 unspecified atom stereocenters. The van der Waals surface area contributed by atoms with Crippen LogP contribution in [-0.2, 0) is 0 Å². The molecule has 0 spiro atoms. The molecule has 0 amide bonds. The predicted octanol–water partition coefficient (Wildman–Crippen LogP) is 2.51. The molecule has 0 saturated carbocycles. The van der Waals surface area contributed by atoms with Gasteiger partial charge in [0.15, 0.2) is 6.29 Å². The van der Waals surface area contributed by atoms with Crippen LogP contribution in [0.4, 0.5) is 0 Å². The third-order valence-electron chi connectivity index (χ3n) is 2.95. The van der Waals surface area contributed by atoms with Crippen molar-refractivity contribution in [2.75, 3.05) is 13.4 Å². The summed E-state index contributed by atoms with van der Waals surface area (Å²) in [5.41, 5.74) is 6.37. The molecule has 0 aliphatic rings. The Morgan fingerprint density at radius 1 is 1.25 bits per heavy atom. The van der Waals surface area contributed by atoms with Crippen molar-refractivity contribution in [1.82, 2.24) is 0 Å². The van der Waals surface area contributed by atoms with Crippen LogP contribution in [0.2, 0.25) is 5.02 Å². The summed E-state index contributed by atoms with van der Waals surface area (Å²) in [6.07, 6.45) is 1.25. The minimum atomic E-state index is -0.725. The number of rotatable bonds is 5. The number of methoxy groups -OCH3 is 1. The molecule has 5 heteroatoms. The van der Waals surface area contributed by atoms with Crippen LogP contribution in [0.15, 0.2) is 42.5 Å². The van der Waals surface area contributed by atoms with Gasteiger partial charge < -0.3 is 10.5 Å². The van der Waals surface area contributed by atoms with Gasteiger partial charge in [-0.2, -0.15) is 0 Å². The van der Waals surface area contributed by atoms with E-state index in [2.05, 4.69) is 0 Å². The van der Waals surface area contributed by atoms with Gasteiger partial charge in [0.2, 0.25) is 0 Å². The second-order valence-electron chi connectivity index (χ2n) is 4.11. The fourth-order valence-corrected chi connectivity index (χ4v) is 4.24. The molecule has 20 heavy (non-hydrogen) atoms. The van der Waals surface area contributed by atoms with E-state index in [9.17, 15) is 4.79 Å². The highest BCUT2D eigenvalue weighted by molar-refractivity contribution is 7.72. The zero-order valence-electron chi connectivity index (χ0n) is 11.0. The summed E-state index contributed by atoms with van der Waals surface area (Å²) in [7, 11) is 0.772. The van der Waals surface area contributed by atoms with Gasteiger partial charge in [0.05, 0.1) is 17.7 Å². The maximum atomic E-state index is 11.2. The second-order valence-corrected chi connectivity index (χ2v) is 6.78. The minimum absolute atomic E-state index is 0.408. The fraction of sp³-hybridized carbons (Fsp3) is 0.133. The maximum Gasteiger partial charge on any atom is 0.153 e. The summed E-state index contributed by atoms with van der Waals surface area (Å²) in [5, 5.41) is 2.56. The van der Waals surface area contributed by atoms with E-state index in [4.69, 9.17) is 22.1 Å². The molecule has 0 radical (unpaired) electrons. The molecule has 0 fully saturated rings. The first-order valence-electron chi connectivity index (χ1n) is 6.06. The molecule has 0 saturated heterocycles. The fourth-order valence-electron chi connectivity index (χ4n) is 2.03. The van der Waals surface area contributed by atoms with Crippen molar-refractivity contribution >= 4 is 36.4 Å². The summed E-state index contributed by atoms with van der Waals surface area (Å²) in [6, 6.07) is 13.6. The minimum Gasteiger partial charge on any atom is -0.494 e. The highest BCUT2D eigenvalue weighted by Gasteiger charge is 2.16. The molecule has 104 valence electrons. The Hall–Kier alpha value is -1.41. The van der Waals surface area contributed by atoms with Gasteiger partial charge in [0, 0.05) is 6.29 Å². The number of nitrogens with two attached hydrogens (primary N) is 1. The molecule has 0 aliphatic heterocycles. The lowest BCUT2D eigenvalue weighted by Gasteiger charge is -2.18. The highest BCUT2D eigenvalue weighted by atomic mass is 35.5. The van der Waals surface area contributed by atoms with Gasteiger partial charge in [-0.05, 0) is 30.7 Å². The summed E-state index contributed by atoms with van der Waals surface area (Å²) >= 11 is 6.19. The van der Waals surface area contributed by atoms with Crippen LogP contribution in [0.25, 0.3) is 0 Å². The molecule has 0 aliphatic carbocycles. The Morgan fingerprint density at radius 2 is 1.95 bits per heavy atom. The first-order valence-corrected chi connectivity index (χ1v) is 7.97. The molecular formula is C15H15ClNO2P. The summed E-state index contributed by atoms with van der Waals surface area (Å²) in [4.78, 5) is 11.2. The predicted molar refractivity (Wildman–Crippen MR) is 85.1 cm³/mol. The van der Waals surface area contributed by atoms with Crippen LogP contribution in [0, 0.1) is 0 Å². The average Bonchev–Trinajstić information content (AvgIpc) is 2.48. The second kappa shape index (κ2) is 6.85. The number of aldehydes is 1. The van der Waals surface area contributed by atoms with Gasteiger partial charge >= 0.3 is 0 Å². The Labute approximate surface area is 124 Å². The molecule has 0 aromatic heterocycles. The number of ether oxygens (including phenoxy) is 1. The van der Waals surface area contributed by atoms with Crippen molar-refractivity contribution in [2.45, 2.75) is 0 Å². The van der Waals surface area contributed by atoms with Gasteiger partial charge in [-0.1, -0.05) is 41.9 Å². The Balaban J connectivity index is 2.51. The van der Waals surface area contributed by atoms with Gasteiger partial charge in [0.1, 0.15) is 5.75 Å². The van der Waals surface area contributed by atoms with Gasteiger partial charge in [-0.3, -0.25) is 4.79 Å². The van der Waals surface area contributed by atoms with Crippen molar-refractivity contribution in [3.05, 3.63) is 53.1 Å². The first kappa shape index (κ1) is 15.0. The molecule has 2 aromatic rings. The zero-order valence-corrected chi connectivity index (χ0v) is 12.7. The number of hydrogen-bond donors (Lipinski definition) is 1. The van der Waals surface area contributed by atoms with Crippen molar-refractivity contribution in [2.24, 2.45) is 5.73 Å². The number of halogens is 1. The van der Waals surface area contributed by atoms with E-state index in [0.29, 0.717) is 22.6 Å². The summed E-state index contributed by atoms with van der Waals surface area (Å²) in [5.74, 6) is 0.408. The van der Waals surface area contributed by atoms with Crippen LogP contribution in [0.5, 0.6) is 5.75 Å². The lowest BCUT2D eigenvalue weighted by molar-refractivity contribution is 0.112. The van der Waals surface area contributed by atoms with E-state index in [1.54, 1.807) is 0 Å². The van der Waals surface area contributed by atoms with E-state index in [0.717, 1.165) is 16.9 Å². The first-order chi connectivity index (χ1) is 9.71. The van der Waals surface area contributed by atoms with Gasteiger partial charge in [-0.25, -0.2) is 0 Å². The van der Waals surface area contributed by atoms with Crippen LogP contribution in [-0.4, -0.2) is 19.7 Å². The SMILES string of the molecule is COc1c(Cl)cc(P(CN)c2ccccc2)cc1C=O. The Morgan fingerprint density at radius 3 is 2.50 bits per heavy atom. The average molecular weight is 308 g/mol. The maximum absolute atomic E-state index is 11.2. The highest BCUT2D eigenvalue weighted by Crippen LogP contribution is 2.35. The topological polar surface area (TPSA) is 52.3 Å². The molecule has 0 heterocycles. The van der Waals surface area contributed by atoms with Crippen LogP contribution >= 0.6 is 19.5 Å². The quantitative estimate of drug-likeness (QED) is 0.682. The summed E-state index contributed by atoms with van der Waals surface area (Å²) < 4.78 is 5.15. The van der Waals surface area contributed by atoms with E-state index >= 15 is 0 Å². The van der Waals surface area contributed by atoms with Crippen LogP contribution in [0.3, 0.4) is 0 Å². The number of carbonyl (C=O) groups excluding carboxylic acids is 1. The number of carbonyl (C=O) groups is 1. The van der Waals surface area contributed by atoms with Crippen LogP contribution < -0.4 is 21.1 Å². The number of hydrogen-bond acceptors (Lipinski definition) is 3. The van der Waals surface area contributed by atoms with Gasteiger partial charge in [0.25, 0.3) is 0 Å². The normalized spacial score (nSPS) is 11.9. The van der Waals surface area contributed by atoms with Crippen molar-refractivity contribution in [3.8, 4) is 5.75 Å². The van der Waals surface area contributed by atoms with Crippen molar-refractivity contribution in [1.29, 1.82) is 0 Å². The number of benzene rings is 2. The lowest BCUT2D eigenvalue weighted by Crippen LogP contribution is -2.18. The van der Waals surface area contributed by atoms with E-state index in [1.807, 2.05) is 42.5 Å². The van der Waals surface area contributed by atoms with Crippen molar-refractivity contribution in [3.63, 3.8) is 0 Å².